The summed E-state index contributed by atoms with van der Waals surface area (Å²) >= 11 is 0. The van der Waals surface area contributed by atoms with Crippen LogP contribution in [0.2, 0.25) is 0 Å². The van der Waals surface area contributed by atoms with E-state index in [1.54, 1.807) is 0 Å². The van der Waals surface area contributed by atoms with Crippen LogP contribution in [0.1, 0.15) is 68.4 Å². The molecule has 3 aliphatic carbocycles. The summed E-state index contributed by atoms with van der Waals surface area (Å²) in [5, 5.41) is 2.46. The van der Waals surface area contributed by atoms with Gasteiger partial charge in [-0.15, -0.1) is 0 Å². The monoisotopic (exact) mass is 755 g/mol. The van der Waals surface area contributed by atoms with Crippen LogP contribution in [0.3, 0.4) is 0 Å². The third kappa shape index (κ3) is 5.47. The minimum atomic E-state index is -0.200. The summed E-state index contributed by atoms with van der Waals surface area (Å²) in [7, 11) is 0. The van der Waals surface area contributed by atoms with Gasteiger partial charge in [0.25, 0.3) is 0 Å². The van der Waals surface area contributed by atoms with Crippen molar-refractivity contribution in [1.29, 1.82) is 0 Å². The normalized spacial score (nSPS) is 15.2. The van der Waals surface area contributed by atoms with E-state index in [0.29, 0.717) is 0 Å². The summed E-state index contributed by atoms with van der Waals surface area (Å²) in [6, 6.07) is 66.3. The van der Waals surface area contributed by atoms with E-state index < -0.39 is 0 Å². The standard InChI is InChI=1S/C58H45N/c1-57(2)52-28-15-13-25-46(52)48-32-30-42(36-54(48)57)59(43-31-33-49-47-26-14-16-29-53(47)58(3,4)55(49)37-43)56-50(40-20-9-6-10-21-40)34-41(38-18-7-5-8-19-38)35-51(56)45-27-17-23-39-22-11-12-24-44(39)45/h5-9,11-20,22-30,32,34-37H,10,21H2,1-4H3. The molecule has 0 atom stereocenters. The van der Waals surface area contributed by atoms with Crippen molar-refractivity contribution in [3.05, 3.63) is 216 Å². The second-order valence-electron chi connectivity index (χ2n) is 17.4. The highest BCUT2D eigenvalue weighted by atomic mass is 15.1. The zero-order valence-corrected chi connectivity index (χ0v) is 34.1. The number of fused-ring (bicyclic) bond motifs is 7. The molecule has 8 aromatic carbocycles. The minimum Gasteiger partial charge on any atom is -0.302 e. The van der Waals surface area contributed by atoms with E-state index in [1.807, 2.05) is 0 Å². The van der Waals surface area contributed by atoms with E-state index in [-0.39, 0.29) is 10.8 Å². The highest BCUT2D eigenvalue weighted by Crippen LogP contribution is 2.55. The van der Waals surface area contributed by atoms with Crippen LogP contribution in [0.25, 0.3) is 60.9 Å². The molecule has 0 saturated carbocycles. The molecule has 0 amide bonds. The summed E-state index contributed by atoms with van der Waals surface area (Å²) in [6.07, 6.45) is 8.82. The maximum Gasteiger partial charge on any atom is 0.0977 e. The van der Waals surface area contributed by atoms with Gasteiger partial charge in [0.2, 0.25) is 0 Å². The summed E-state index contributed by atoms with van der Waals surface area (Å²) in [5.41, 5.74) is 20.6. The van der Waals surface area contributed by atoms with E-state index in [2.05, 4.69) is 221 Å². The smallest absolute Gasteiger partial charge is 0.0977 e. The Morgan fingerprint density at radius 1 is 0.492 bits per heavy atom. The lowest BCUT2D eigenvalue weighted by molar-refractivity contribution is 0.660. The first-order valence-electron chi connectivity index (χ1n) is 21.0. The van der Waals surface area contributed by atoms with Crippen LogP contribution >= 0.6 is 0 Å². The van der Waals surface area contributed by atoms with Crippen molar-refractivity contribution in [3.63, 3.8) is 0 Å². The first-order chi connectivity index (χ1) is 28.8. The molecule has 11 rings (SSSR count). The SMILES string of the molecule is CC1(C)c2cc(N(c3ccc4c(c3)C(C)(C)c3ccccc3-4)c3c(C4=CC=CCC4)cc(-c4ccccc4)cc3-c3cccc4ccccc34)c#cc2-c2ccccc21. The number of rotatable bonds is 6. The zero-order chi connectivity index (χ0) is 39.9. The molecular formula is C58H45N. The largest absolute Gasteiger partial charge is 0.302 e. The van der Waals surface area contributed by atoms with Gasteiger partial charge >= 0.3 is 0 Å². The number of anilines is 3. The molecule has 0 aromatic heterocycles. The van der Waals surface area contributed by atoms with Gasteiger partial charge in [-0.1, -0.05) is 179 Å². The van der Waals surface area contributed by atoms with Crippen molar-refractivity contribution >= 4 is 33.4 Å². The fourth-order valence-electron chi connectivity index (χ4n) is 10.3. The average molecular weight is 756 g/mol. The number of allylic oxidation sites excluding steroid dienone is 4. The Kier molecular flexibility index (Phi) is 7.98. The molecule has 0 bridgehead atoms. The first kappa shape index (κ1) is 35.3. The Morgan fingerprint density at radius 3 is 1.97 bits per heavy atom. The molecule has 0 unspecified atom stereocenters. The van der Waals surface area contributed by atoms with Crippen molar-refractivity contribution in [3.8, 4) is 44.5 Å². The average Bonchev–Trinajstić information content (AvgIpc) is 3.66. The molecule has 8 aromatic rings. The van der Waals surface area contributed by atoms with Crippen LogP contribution in [0.5, 0.6) is 0 Å². The van der Waals surface area contributed by atoms with Gasteiger partial charge in [-0.05, 0) is 121 Å². The molecule has 3 aliphatic rings. The van der Waals surface area contributed by atoms with Gasteiger partial charge in [-0.25, -0.2) is 0 Å². The third-order valence-corrected chi connectivity index (χ3v) is 13.4. The molecule has 1 heteroatoms. The fourth-order valence-corrected chi connectivity index (χ4v) is 10.3. The van der Waals surface area contributed by atoms with Crippen LogP contribution in [-0.4, -0.2) is 0 Å². The number of hydrogen-bond donors (Lipinski definition) is 0. The molecule has 0 radical (unpaired) electrons. The van der Waals surface area contributed by atoms with Gasteiger partial charge < -0.3 is 4.90 Å². The van der Waals surface area contributed by atoms with Crippen LogP contribution in [0.4, 0.5) is 17.1 Å². The molecule has 0 heterocycles. The lowest BCUT2D eigenvalue weighted by Gasteiger charge is -2.33. The van der Waals surface area contributed by atoms with Gasteiger partial charge in [-0.2, -0.15) is 0 Å². The quantitative estimate of drug-likeness (QED) is 0.163. The highest BCUT2D eigenvalue weighted by Gasteiger charge is 2.38. The number of benzene rings is 7. The van der Waals surface area contributed by atoms with Crippen molar-refractivity contribution < 1.29 is 0 Å². The predicted octanol–water partition coefficient (Wildman–Crippen LogP) is 15.6. The Labute approximate surface area is 348 Å². The van der Waals surface area contributed by atoms with Crippen molar-refractivity contribution in [2.24, 2.45) is 0 Å². The van der Waals surface area contributed by atoms with Gasteiger partial charge in [0.15, 0.2) is 0 Å². The Balaban J connectivity index is 1.26. The van der Waals surface area contributed by atoms with Crippen molar-refractivity contribution in [2.45, 2.75) is 51.4 Å². The third-order valence-electron chi connectivity index (χ3n) is 13.4. The van der Waals surface area contributed by atoms with Crippen molar-refractivity contribution in [2.75, 3.05) is 4.90 Å². The van der Waals surface area contributed by atoms with Crippen LogP contribution in [0.15, 0.2) is 176 Å². The predicted molar refractivity (Wildman–Crippen MR) is 249 cm³/mol. The molecular weight excluding hydrogens is 711 g/mol. The van der Waals surface area contributed by atoms with Gasteiger partial charge in [0.05, 0.1) is 11.4 Å². The van der Waals surface area contributed by atoms with E-state index in [9.17, 15) is 0 Å². The molecule has 0 fully saturated rings. The van der Waals surface area contributed by atoms with Gasteiger partial charge in [0.1, 0.15) is 0 Å². The number of nitrogens with zero attached hydrogens (tertiary/aromatic N) is 1. The Morgan fingerprint density at radius 2 is 1.15 bits per heavy atom. The highest BCUT2D eigenvalue weighted by molar-refractivity contribution is 6.06. The summed E-state index contributed by atoms with van der Waals surface area (Å²) in [4.78, 5) is 2.52. The van der Waals surface area contributed by atoms with E-state index >= 15 is 0 Å². The second kappa shape index (κ2) is 13.3. The lowest BCUT2D eigenvalue weighted by atomic mass is 9.82. The summed E-state index contributed by atoms with van der Waals surface area (Å²) < 4.78 is 0. The number of hydrogen-bond acceptors (Lipinski definition) is 1. The van der Waals surface area contributed by atoms with E-state index in [0.717, 1.165) is 35.5 Å². The van der Waals surface area contributed by atoms with Crippen LogP contribution in [0, 0.1) is 12.1 Å². The van der Waals surface area contributed by atoms with Gasteiger partial charge in [0, 0.05) is 33.2 Å². The van der Waals surface area contributed by atoms with Gasteiger partial charge in [-0.3, -0.25) is 0 Å². The van der Waals surface area contributed by atoms with Crippen LogP contribution in [-0.2, 0) is 10.8 Å². The first-order valence-corrected chi connectivity index (χ1v) is 21.0. The molecule has 0 aliphatic heterocycles. The molecule has 0 N–H and O–H groups in total. The van der Waals surface area contributed by atoms with E-state index in [4.69, 9.17) is 0 Å². The second-order valence-corrected chi connectivity index (χ2v) is 17.4. The van der Waals surface area contributed by atoms with Crippen molar-refractivity contribution in [1.82, 2.24) is 0 Å². The topological polar surface area (TPSA) is 3.24 Å². The van der Waals surface area contributed by atoms with E-state index in [1.165, 1.54) is 83.1 Å². The van der Waals surface area contributed by atoms with Crippen LogP contribution < -0.4 is 4.90 Å². The maximum absolute atomic E-state index is 3.81. The fraction of sp³-hybridized carbons (Fsp3) is 0.138. The summed E-state index contributed by atoms with van der Waals surface area (Å²) in [6.45, 7) is 9.47. The molecule has 0 spiro atoms. The Hall–Kier alpha value is -6.88. The minimum absolute atomic E-state index is 0.167. The Bertz CT molecular complexity index is 2930. The summed E-state index contributed by atoms with van der Waals surface area (Å²) in [5.74, 6) is 0. The molecule has 59 heavy (non-hydrogen) atoms. The lowest BCUT2D eigenvalue weighted by Crippen LogP contribution is -2.19. The molecule has 1 nitrogen and oxygen atoms in total. The zero-order valence-electron chi connectivity index (χ0n) is 34.1. The molecule has 282 valence electrons. The maximum atomic E-state index is 3.81. The molecule has 0 saturated heterocycles.